The number of nitrogens with zero attached hydrogens (tertiary/aromatic N) is 16. The average molecular weight is 1740 g/mol. The first kappa shape index (κ1) is 79.4. The molecule has 0 radical (unpaired) electrons. The third kappa shape index (κ3) is 13.2. The number of rotatable bonds is 16. The van der Waals surface area contributed by atoms with Crippen molar-refractivity contribution in [2.75, 3.05) is 0 Å². The quantitative estimate of drug-likeness (QED) is 0.0671. The Balaban J connectivity index is 0.000000101. The standard InChI is InChI=1S/C25H26N4O.C24H21BrF2N4O.2C24H22F2N4O/c1-17-4-3-5-19(10-17)22-8-9-26-29(22)23(30)25-13-24(14-25,15-25)16-28-21-7-6-18(2)11-20(21)12-27-28;1-14-2-3-19-16(6-14)9-29-30(19)13-23-10-24(11-23,12-23)22(32)31-20(4-5-28-31)15-7-17(26)21(25)18(27)8-15;1-15-2-5-20-16(8-15)10-28-29(20)14-23-11-24(12-23,13-23)22(31)30-21(6-7-27-30)18-4-3-17(25)9-19(18)26;1-15-2-5-20-17(8-15)10-28-29(20)14-23-11-24(12-23,13-23)22(31)30-21(6-7-27-30)16-3-4-18(25)19(26)9-16/h3-7,9-12,22H,8,13-16H2,1-2H3;2-3,5-9,20H,4,10-13H2,1H3;2*2-5,7-10,21H,6,11-14H2,1H3. The van der Waals surface area contributed by atoms with Gasteiger partial charge in [-0.3, -0.25) is 37.9 Å². The normalized spacial score (nSPS) is 28.6. The molecule has 8 aromatic carbocycles. The van der Waals surface area contributed by atoms with Crippen molar-refractivity contribution < 1.29 is 45.5 Å². The number of benzene rings is 8. The molecule has 0 saturated heterocycles. The summed E-state index contributed by atoms with van der Waals surface area (Å²) in [6, 6.07) is 42.5. The number of hydrazone groups is 4. The summed E-state index contributed by atoms with van der Waals surface area (Å²) in [4.78, 5) is 53.5. The molecule has 12 aromatic rings. The lowest BCUT2D eigenvalue weighted by Gasteiger charge is -2.69. The highest BCUT2D eigenvalue weighted by Crippen LogP contribution is 2.78. The Kier molecular flexibility index (Phi) is 18.5. The molecule has 4 aromatic heterocycles. The van der Waals surface area contributed by atoms with E-state index in [1.165, 1.54) is 95.7 Å². The minimum absolute atomic E-state index is 0.00111. The smallest absolute Gasteiger partial charge is 0.249 e. The second-order valence-electron chi connectivity index (χ2n) is 38.5. The molecule has 0 spiro atoms. The van der Waals surface area contributed by atoms with Gasteiger partial charge in [-0.05, 0) is 245 Å². The van der Waals surface area contributed by atoms with Gasteiger partial charge in [0.1, 0.15) is 23.3 Å². The van der Waals surface area contributed by atoms with Crippen LogP contribution in [0.2, 0.25) is 0 Å². The van der Waals surface area contributed by atoms with Crippen molar-refractivity contribution in [3.63, 3.8) is 0 Å². The SMILES string of the molecule is Cc1ccc2c(cnn2CC23CC(C(=O)N4N=CCC4c4cc(F)c(Br)c(F)c4)(C2)C3)c1.Cc1ccc2c(cnn2CC23CC(C(=O)N4N=CCC4c4ccc(F)c(F)c4)(C2)C3)c1.Cc1ccc2c(cnn2CC23CC(C(=O)N4N=CCC4c4ccc(F)cc4F)(C2)C3)c1.Cc1cccc(C2CC=NN2C(=O)C23CC(Cn4ncc5cc(C)ccc54)(C2)C3)c1. The van der Waals surface area contributed by atoms with E-state index in [1.54, 1.807) is 23.7 Å². The predicted octanol–water partition coefficient (Wildman–Crippen LogP) is 19.8. The van der Waals surface area contributed by atoms with Crippen LogP contribution in [0.15, 0.2) is 195 Å². The summed E-state index contributed by atoms with van der Waals surface area (Å²) in [7, 11) is 0. The summed E-state index contributed by atoms with van der Waals surface area (Å²) >= 11 is 2.90. The van der Waals surface area contributed by atoms with Gasteiger partial charge in [-0.1, -0.05) is 88.5 Å². The minimum atomic E-state index is -0.900. The van der Waals surface area contributed by atoms with Gasteiger partial charge in [0.05, 0.1) is 97.2 Å². The predicted molar refractivity (Wildman–Crippen MR) is 461 cm³/mol. The lowest BCUT2D eigenvalue weighted by Crippen LogP contribution is -2.68. The van der Waals surface area contributed by atoms with Gasteiger partial charge < -0.3 is 0 Å². The van der Waals surface area contributed by atoms with Crippen LogP contribution < -0.4 is 0 Å². The Bertz CT molecular complexity index is 6520. The van der Waals surface area contributed by atoms with Crippen LogP contribution in [-0.2, 0) is 45.4 Å². The number of carbonyl (C=O) groups is 4. The van der Waals surface area contributed by atoms with Gasteiger partial charge in [0, 0.05) is 110 Å². The number of carbonyl (C=O) groups excluding carboxylic acids is 4. The third-order valence-electron chi connectivity index (χ3n) is 29.1. The van der Waals surface area contributed by atoms with Crippen molar-refractivity contribution in [2.45, 2.75) is 188 Å². The first-order valence-corrected chi connectivity index (χ1v) is 43.6. The highest BCUT2D eigenvalue weighted by atomic mass is 79.9. The molecule has 27 heteroatoms. The van der Waals surface area contributed by atoms with Gasteiger partial charge in [-0.25, -0.2) is 46.4 Å². The van der Waals surface area contributed by atoms with Crippen molar-refractivity contribution in [1.82, 2.24) is 59.2 Å². The number of amides is 4. The Morgan fingerprint density at radius 1 is 0.331 bits per heavy atom. The van der Waals surface area contributed by atoms with Crippen LogP contribution in [0, 0.1) is 113 Å². The van der Waals surface area contributed by atoms with Crippen molar-refractivity contribution in [1.29, 1.82) is 0 Å². The molecule has 8 bridgehead atoms. The molecule has 632 valence electrons. The monoisotopic (exact) mass is 1740 g/mol. The maximum absolute atomic E-state index is 14.3. The number of hydrogen-bond acceptors (Lipinski definition) is 12. The fourth-order valence-electron chi connectivity index (χ4n) is 23.8. The van der Waals surface area contributed by atoms with Crippen molar-refractivity contribution in [2.24, 2.45) is 63.7 Å². The Labute approximate surface area is 719 Å². The summed E-state index contributed by atoms with van der Waals surface area (Å²) < 4.78 is 90.9. The van der Waals surface area contributed by atoms with Crippen molar-refractivity contribution in [3.8, 4) is 0 Å². The van der Waals surface area contributed by atoms with Crippen molar-refractivity contribution in [3.05, 3.63) is 260 Å². The highest BCUT2D eigenvalue weighted by molar-refractivity contribution is 9.10. The Morgan fingerprint density at radius 3 is 0.984 bits per heavy atom. The van der Waals surface area contributed by atoms with Gasteiger partial charge in [-0.2, -0.15) is 40.8 Å². The molecule has 12 saturated carbocycles. The van der Waals surface area contributed by atoms with Crippen LogP contribution in [0.4, 0.5) is 26.3 Å². The number of hydrogen-bond donors (Lipinski definition) is 0. The van der Waals surface area contributed by atoms with Crippen LogP contribution in [0.25, 0.3) is 43.6 Å². The second-order valence-corrected chi connectivity index (χ2v) is 39.3. The molecule has 12 fully saturated rings. The maximum atomic E-state index is 14.3. The zero-order chi connectivity index (χ0) is 85.5. The molecule has 28 rings (SSSR count). The van der Waals surface area contributed by atoms with E-state index in [0.717, 1.165) is 154 Å². The second kappa shape index (κ2) is 28.9. The van der Waals surface area contributed by atoms with E-state index in [9.17, 15) is 45.5 Å². The van der Waals surface area contributed by atoms with E-state index in [4.69, 9.17) is 0 Å². The van der Waals surface area contributed by atoms with E-state index in [-0.39, 0.29) is 72.7 Å². The van der Waals surface area contributed by atoms with E-state index in [1.807, 2.05) is 40.4 Å². The minimum Gasteiger partial charge on any atom is -0.272 e. The van der Waals surface area contributed by atoms with Gasteiger partial charge >= 0.3 is 0 Å². The first-order chi connectivity index (χ1) is 59.5. The number of halogens is 7. The fraction of sp³-hybridized carbons (Fsp3) is 0.381. The van der Waals surface area contributed by atoms with Gasteiger partial charge in [0.25, 0.3) is 0 Å². The van der Waals surface area contributed by atoms with Crippen LogP contribution in [-0.4, -0.2) is 108 Å². The van der Waals surface area contributed by atoms with Gasteiger partial charge in [0.2, 0.25) is 23.6 Å². The van der Waals surface area contributed by atoms with E-state index in [2.05, 4.69) is 198 Å². The molecule has 16 aliphatic rings. The Hall–Kier alpha value is -11.7. The molecule has 12 aliphatic carbocycles. The number of aromatic nitrogens is 8. The molecule has 8 heterocycles. The summed E-state index contributed by atoms with van der Waals surface area (Å²) in [5.74, 6) is -4.27. The van der Waals surface area contributed by atoms with E-state index < -0.39 is 57.8 Å². The topological polar surface area (TPSA) is 202 Å². The Morgan fingerprint density at radius 2 is 0.645 bits per heavy atom. The number of aryl methyl sites for hydroxylation is 5. The molecule has 0 N–H and O–H groups in total. The fourth-order valence-corrected chi connectivity index (χ4v) is 24.0. The van der Waals surface area contributed by atoms with Crippen LogP contribution in [0.5, 0.6) is 0 Å². The zero-order valence-electron chi connectivity index (χ0n) is 69.4. The third-order valence-corrected chi connectivity index (χ3v) is 29.9. The van der Waals surface area contributed by atoms with Crippen LogP contribution in [0.3, 0.4) is 0 Å². The highest BCUT2D eigenvalue weighted by Gasteiger charge is 2.76. The lowest BCUT2D eigenvalue weighted by atomic mass is 9.34. The van der Waals surface area contributed by atoms with Crippen LogP contribution >= 0.6 is 15.9 Å². The molecule has 4 atom stereocenters. The molecule has 20 nitrogen and oxygen atoms in total. The first-order valence-electron chi connectivity index (χ1n) is 42.8. The maximum Gasteiger partial charge on any atom is 0.249 e. The van der Waals surface area contributed by atoms with E-state index in [0.29, 0.717) is 36.0 Å². The van der Waals surface area contributed by atoms with Gasteiger partial charge in [0.15, 0.2) is 11.6 Å². The molecule has 4 unspecified atom stereocenters. The zero-order valence-corrected chi connectivity index (χ0v) is 70.9. The van der Waals surface area contributed by atoms with E-state index >= 15 is 0 Å². The van der Waals surface area contributed by atoms with Gasteiger partial charge in [-0.15, -0.1) is 0 Å². The summed E-state index contributed by atoms with van der Waals surface area (Å²) in [5, 5.41) is 46.4. The largest absolute Gasteiger partial charge is 0.272 e. The summed E-state index contributed by atoms with van der Waals surface area (Å²) in [5.41, 5.74) is 12.3. The molecule has 4 amide bonds. The molecule has 4 aliphatic heterocycles. The average Bonchev–Trinajstić information content (AvgIpc) is 1.37. The number of fused-ring (bicyclic) bond motifs is 4. The molecular formula is C97H91BrF6N16O4. The van der Waals surface area contributed by atoms with Crippen LogP contribution in [0.1, 0.15) is 177 Å². The molecular weight excluding hydrogens is 1650 g/mol. The van der Waals surface area contributed by atoms with Crippen molar-refractivity contribution >= 4 is 108 Å². The lowest BCUT2D eigenvalue weighted by molar-refractivity contribution is -0.223. The molecule has 124 heavy (non-hydrogen) atoms. The summed E-state index contributed by atoms with van der Waals surface area (Å²) in [6.45, 7) is 13.7. The summed E-state index contributed by atoms with van der Waals surface area (Å²) in [6.07, 6.45) is 26.9.